The Hall–Kier alpha value is -1.94. The van der Waals surface area contributed by atoms with Crippen molar-refractivity contribution in [3.63, 3.8) is 0 Å². The Kier molecular flexibility index (Phi) is 5.07. The normalized spacial score (nSPS) is 12.3. The summed E-state index contributed by atoms with van der Waals surface area (Å²) in [7, 11) is 0. The largest absolute Gasteiger partial charge is 0.456 e. The van der Waals surface area contributed by atoms with Crippen LogP contribution in [0.3, 0.4) is 0 Å². The van der Waals surface area contributed by atoms with Gasteiger partial charge < -0.3 is 15.4 Å². The number of nitrogens with zero attached hydrogens (tertiary/aromatic N) is 4. The fraction of sp³-hybridized carbons (Fsp3) is 0.700. The van der Waals surface area contributed by atoms with Gasteiger partial charge in [0.1, 0.15) is 0 Å². The Morgan fingerprint density at radius 3 is 2.10 bits per heavy atom. The van der Waals surface area contributed by atoms with Crippen LogP contribution in [0.2, 0.25) is 0 Å². The number of rotatable bonds is 6. The van der Waals surface area contributed by atoms with Crippen LogP contribution in [-0.2, 0) is 0 Å². The van der Waals surface area contributed by atoms with E-state index in [1.54, 1.807) is 18.7 Å². The molecular weight excluding hydrogens is 301 g/mol. The maximum atomic E-state index is 12.7. The van der Waals surface area contributed by atoms with E-state index < -0.39 is 24.7 Å². The number of nitrogens with two attached hydrogens (primary N) is 1. The molecule has 1 aromatic rings. The van der Waals surface area contributed by atoms with E-state index in [0.717, 1.165) is 0 Å². The van der Waals surface area contributed by atoms with Gasteiger partial charge in [0, 0.05) is 13.1 Å². The molecule has 1 rings (SSSR count). The third kappa shape index (κ3) is 4.26. The lowest BCUT2D eigenvalue weighted by Gasteiger charge is -2.21. The molecule has 6 nitrogen and oxygen atoms in total. The quantitative estimate of drug-likeness (QED) is 0.808. The van der Waals surface area contributed by atoms with Crippen molar-refractivity contribution in [2.45, 2.75) is 25.9 Å². The molecule has 1 heterocycles. The van der Waals surface area contributed by atoms with Gasteiger partial charge in [-0.05, 0) is 13.8 Å². The summed E-state index contributed by atoms with van der Waals surface area (Å²) in [5, 5.41) is 0. The molecule has 0 saturated heterocycles. The summed E-state index contributed by atoms with van der Waals surface area (Å²) in [5.74, 6) is -5.31. The van der Waals surface area contributed by atoms with Gasteiger partial charge in [-0.2, -0.15) is 36.9 Å². The zero-order chi connectivity index (χ0) is 16.3. The maximum Gasteiger partial charge on any atom is 0.456 e. The van der Waals surface area contributed by atoms with Crippen LogP contribution in [0.25, 0.3) is 0 Å². The van der Waals surface area contributed by atoms with Gasteiger partial charge in [0.05, 0.1) is 0 Å². The van der Waals surface area contributed by atoms with Crippen molar-refractivity contribution < 1.29 is 26.7 Å². The zero-order valence-corrected chi connectivity index (χ0v) is 11.3. The number of aromatic nitrogens is 3. The van der Waals surface area contributed by atoms with Crippen LogP contribution in [0.4, 0.5) is 33.8 Å². The van der Waals surface area contributed by atoms with Gasteiger partial charge in [0.15, 0.2) is 6.61 Å². The summed E-state index contributed by atoms with van der Waals surface area (Å²) in [4.78, 5) is 12.4. The van der Waals surface area contributed by atoms with Gasteiger partial charge in [-0.15, -0.1) is 0 Å². The zero-order valence-electron chi connectivity index (χ0n) is 11.3. The topological polar surface area (TPSA) is 77.2 Å². The van der Waals surface area contributed by atoms with Crippen molar-refractivity contribution in [1.82, 2.24) is 15.0 Å². The predicted octanol–water partition coefficient (Wildman–Crippen LogP) is 1.88. The Bertz CT molecular complexity index is 477. The molecule has 0 spiro atoms. The third-order valence-electron chi connectivity index (χ3n) is 2.46. The first-order valence-electron chi connectivity index (χ1n) is 5.94. The second-order valence-electron chi connectivity index (χ2n) is 3.94. The number of ether oxygens (including phenoxy) is 1. The SMILES string of the molecule is CCN(CC)c1nc(N)nc(OCC(F)(F)C(F)(F)F)n1. The standard InChI is InChI=1S/C10H14F5N5O/c1-3-20(4-2)7-17-6(16)18-8(19-7)21-5-9(11,12)10(13,14)15/h3-5H2,1-2H3,(H2,16,17,18,19). The Morgan fingerprint density at radius 2 is 1.62 bits per heavy atom. The highest BCUT2D eigenvalue weighted by Crippen LogP contribution is 2.35. The molecule has 0 radical (unpaired) electrons. The summed E-state index contributed by atoms with van der Waals surface area (Å²) in [5.41, 5.74) is 5.35. The van der Waals surface area contributed by atoms with Gasteiger partial charge in [0.25, 0.3) is 0 Å². The molecule has 0 atom stereocenters. The lowest BCUT2D eigenvalue weighted by Crippen LogP contribution is -2.42. The molecule has 0 amide bonds. The molecule has 0 fully saturated rings. The van der Waals surface area contributed by atoms with Crippen molar-refractivity contribution in [2.24, 2.45) is 0 Å². The van der Waals surface area contributed by atoms with E-state index in [2.05, 4.69) is 19.7 Å². The summed E-state index contributed by atoms with van der Waals surface area (Å²) >= 11 is 0. The van der Waals surface area contributed by atoms with Crippen molar-refractivity contribution in [3.8, 4) is 6.01 Å². The van der Waals surface area contributed by atoms with Crippen LogP contribution in [0.15, 0.2) is 0 Å². The molecule has 2 N–H and O–H groups in total. The highest BCUT2D eigenvalue weighted by atomic mass is 19.4. The van der Waals surface area contributed by atoms with E-state index in [0.29, 0.717) is 13.1 Å². The number of nitrogen functional groups attached to an aromatic ring is 1. The second kappa shape index (κ2) is 6.22. The molecule has 0 bridgehead atoms. The maximum absolute atomic E-state index is 12.7. The van der Waals surface area contributed by atoms with Gasteiger partial charge in [0.2, 0.25) is 11.9 Å². The minimum atomic E-state index is -5.72. The summed E-state index contributed by atoms with van der Waals surface area (Å²) < 4.78 is 65.9. The van der Waals surface area contributed by atoms with Crippen LogP contribution >= 0.6 is 0 Å². The third-order valence-corrected chi connectivity index (χ3v) is 2.46. The first kappa shape index (κ1) is 17.1. The smallest absolute Gasteiger partial charge is 0.456 e. The lowest BCUT2D eigenvalue weighted by atomic mass is 10.3. The van der Waals surface area contributed by atoms with Crippen LogP contribution in [-0.4, -0.2) is 46.7 Å². The first-order chi connectivity index (χ1) is 9.60. The fourth-order valence-corrected chi connectivity index (χ4v) is 1.31. The minimum Gasteiger partial charge on any atom is -0.456 e. The van der Waals surface area contributed by atoms with E-state index in [-0.39, 0.29) is 11.9 Å². The lowest BCUT2D eigenvalue weighted by molar-refractivity contribution is -0.290. The number of alkyl halides is 5. The van der Waals surface area contributed by atoms with Crippen LogP contribution < -0.4 is 15.4 Å². The van der Waals surface area contributed by atoms with E-state index >= 15 is 0 Å². The fourth-order valence-electron chi connectivity index (χ4n) is 1.31. The molecule has 0 aromatic carbocycles. The molecule has 0 unspecified atom stereocenters. The van der Waals surface area contributed by atoms with Crippen molar-refractivity contribution in [1.29, 1.82) is 0 Å². The van der Waals surface area contributed by atoms with E-state index in [1.165, 1.54) is 0 Å². The molecule has 120 valence electrons. The van der Waals surface area contributed by atoms with Gasteiger partial charge in [-0.3, -0.25) is 0 Å². The summed E-state index contributed by atoms with van der Waals surface area (Å²) in [6.07, 6.45) is -5.72. The molecule has 11 heteroatoms. The van der Waals surface area contributed by atoms with Crippen LogP contribution in [0.5, 0.6) is 6.01 Å². The molecule has 0 aliphatic carbocycles. The van der Waals surface area contributed by atoms with Gasteiger partial charge in [-0.1, -0.05) is 0 Å². The number of hydrogen-bond acceptors (Lipinski definition) is 6. The highest BCUT2D eigenvalue weighted by Gasteiger charge is 2.58. The van der Waals surface area contributed by atoms with Crippen molar-refractivity contribution >= 4 is 11.9 Å². The number of hydrogen-bond donors (Lipinski definition) is 1. The van der Waals surface area contributed by atoms with Crippen LogP contribution in [0, 0.1) is 0 Å². The Balaban J connectivity index is 2.90. The molecule has 0 aliphatic rings. The molecule has 1 aromatic heterocycles. The van der Waals surface area contributed by atoms with Gasteiger partial charge >= 0.3 is 18.1 Å². The van der Waals surface area contributed by atoms with E-state index in [9.17, 15) is 22.0 Å². The van der Waals surface area contributed by atoms with Gasteiger partial charge in [-0.25, -0.2) is 0 Å². The van der Waals surface area contributed by atoms with E-state index in [4.69, 9.17) is 5.73 Å². The predicted molar refractivity (Wildman–Crippen MR) is 64.3 cm³/mol. The number of anilines is 2. The monoisotopic (exact) mass is 315 g/mol. The average molecular weight is 315 g/mol. The first-order valence-corrected chi connectivity index (χ1v) is 5.94. The Morgan fingerprint density at radius 1 is 1.05 bits per heavy atom. The molecule has 0 saturated carbocycles. The minimum absolute atomic E-state index is 0.0397. The van der Waals surface area contributed by atoms with Crippen molar-refractivity contribution in [2.75, 3.05) is 30.3 Å². The van der Waals surface area contributed by atoms with Crippen LogP contribution in [0.1, 0.15) is 13.8 Å². The average Bonchev–Trinajstić information content (AvgIpc) is 2.36. The van der Waals surface area contributed by atoms with E-state index in [1.807, 2.05) is 0 Å². The molecular formula is C10H14F5N5O. The summed E-state index contributed by atoms with van der Waals surface area (Å²) in [6.45, 7) is 2.59. The summed E-state index contributed by atoms with van der Waals surface area (Å²) in [6, 6.07) is -0.687. The highest BCUT2D eigenvalue weighted by molar-refractivity contribution is 5.35. The second-order valence-corrected chi connectivity index (χ2v) is 3.94. The van der Waals surface area contributed by atoms with Crippen molar-refractivity contribution in [3.05, 3.63) is 0 Å². The molecule has 0 aliphatic heterocycles. The number of halogens is 5. The molecule has 21 heavy (non-hydrogen) atoms. The Labute approximate surface area is 117 Å².